The van der Waals surface area contributed by atoms with Crippen molar-refractivity contribution in [3.8, 4) is 0 Å². The minimum absolute atomic E-state index is 0.00366. The van der Waals surface area contributed by atoms with E-state index >= 15 is 0 Å². The maximum atomic E-state index is 12.7. The van der Waals surface area contributed by atoms with Gasteiger partial charge in [0.2, 0.25) is 5.91 Å². The molecule has 0 saturated carbocycles. The first-order chi connectivity index (χ1) is 10.0. The molecule has 0 atom stereocenters. The Kier molecular flexibility index (Phi) is 3.10. The Morgan fingerprint density at radius 2 is 2.00 bits per heavy atom. The van der Waals surface area contributed by atoms with Gasteiger partial charge in [-0.3, -0.25) is 14.5 Å². The summed E-state index contributed by atoms with van der Waals surface area (Å²) in [6, 6.07) is 12.4. The second-order valence-electron chi connectivity index (χ2n) is 5.09. The second-order valence-corrected chi connectivity index (χ2v) is 5.09. The summed E-state index contributed by atoms with van der Waals surface area (Å²) < 4.78 is 0. The molecular weight excluding hydrogens is 266 g/mol. The zero-order chi connectivity index (χ0) is 15.0. The predicted molar refractivity (Wildman–Crippen MR) is 82.3 cm³/mol. The number of nitrogens with zero attached hydrogens (tertiary/aromatic N) is 1. The topological polar surface area (TPSA) is 75.4 Å². The summed E-state index contributed by atoms with van der Waals surface area (Å²) in [6.45, 7) is 1.88. The predicted octanol–water partition coefficient (Wildman–Crippen LogP) is 2.18. The van der Waals surface area contributed by atoms with E-state index in [4.69, 9.17) is 5.73 Å². The summed E-state index contributed by atoms with van der Waals surface area (Å²) in [6.07, 6.45) is 0. The minimum atomic E-state index is -0.229. The molecule has 106 valence electrons. The summed E-state index contributed by atoms with van der Waals surface area (Å²) in [5.41, 5.74) is 9.07. The number of amides is 2. The molecular formula is C16H15N3O2. The maximum Gasteiger partial charge on any atom is 0.258 e. The summed E-state index contributed by atoms with van der Waals surface area (Å²) in [5.74, 6) is -0.435. The van der Waals surface area contributed by atoms with Crippen LogP contribution in [0.15, 0.2) is 42.5 Å². The lowest BCUT2D eigenvalue weighted by atomic mass is 10.1. The van der Waals surface area contributed by atoms with Gasteiger partial charge < -0.3 is 11.1 Å². The van der Waals surface area contributed by atoms with Gasteiger partial charge >= 0.3 is 0 Å². The van der Waals surface area contributed by atoms with Crippen LogP contribution in [0.4, 0.5) is 17.1 Å². The van der Waals surface area contributed by atoms with Crippen LogP contribution in [0.3, 0.4) is 0 Å². The lowest BCUT2D eigenvalue weighted by Crippen LogP contribution is -2.42. The zero-order valence-electron chi connectivity index (χ0n) is 11.6. The molecule has 5 nitrogen and oxygen atoms in total. The standard InChI is InChI=1S/C16H15N3O2/c1-10-6-11(8-12(17)7-10)16(21)19-9-15(20)18-13-4-2-3-5-14(13)19/h2-8H,9,17H2,1H3,(H,18,20). The van der Waals surface area contributed by atoms with Crippen molar-refractivity contribution in [2.45, 2.75) is 6.92 Å². The average Bonchev–Trinajstić information content (AvgIpc) is 2.44. The number of carbonyl (C=O) groups excluding carboxylic acids is 2. The molecule has 21 heavy (non-hydrogen) atoms. The van der Waals surface area contributed by atoms with E-state index in [0.717, 1.165) is 5.56 Å². The fourth-order valence-corrected chi connectivity index (χ4v) is 2.51. The molecule has 0 unspecified atom stereocenters. The van der Waals surface area contributed by atoms with E-state index in [0.29, 0.717) is 22.6 Å². The van der Waals surface area contributed by atoms with Crippen molar-refractivity contribution in [2.24, 2.45) is 0 Å². The van der Waals surface area contributed by atoms with Crippen LogP contribution < -0.4 is 16.0 Å². The van der Waals surface area contributed by atoms with Crippen molar-refractivity contribution in [1.82, 2.24) is 0 Å². The van der Waals surface area contributed by atoms with Gasteiger partial charge in [-0.2, -0.15) is 0 Å². The number of rotatable bonds is 1. The fraction of sp³-hybridized carbons (Fsp3) is 0.125. The van der Waals surface area contributed by atoms with Gasteiger partial charge in [-0.15, -0.1) is 0 Å². The highest BCUT2D eigenvalue weighted by Crippen LogP contribution is 2.30. The van der Waals surface area contributed by atoms with Crippen LogP contribution in [-0.4, -0.2) is 18.4 Å². The molecule has 2 amide bonds. The molecule has 3 rings (SSSR count). The SMILES string of the molecule is Cc1cc(N)cc(C(=O)N2CC(=O)Nc3ccccc32)c1. The average molecular weight is 281 g/mol. The lowest BCUT2D eigenvalue weighted by Gasteiger charge is -2.29. The van der Waals surface area contributed by atoms with Crippen LogP contribution >= 0.6 is 0 Å². The number of nitrogens with two attached hydrogens (primary N) is 1. The third kappa shape index (κ3) is 2.45. The van der Waals surface area contributed by atoms with Crippen molar-refractivity contribution < 1.29 is 9.59 Å². The first kappa shape index (κ1) is 13.2. The molecule has 2 aromatic carbocycles. The summed E-state index contributed by atoms with van der Waals surface area (Å²) >= 11 is 0. The van der Waals surface area contributed by atoms with Crippen molar-refractivity contribution in [3.05, 3.63) is 53.6 Å². The molecule has 3 N–H and O–H groups in total. The van der Waals surface area contributed by atoms with E-state index in [2.05, 4.69) is 5.32 Å². The third-order valence-corrected chi connectivity index (χ3v) is 3.36. The quantitative estimate of drug-likeness (QED) is 0.787. The first-order valence-electron chi connectivity index (χ1n) is 6.62. The Morgan fingerprint density at radius 1 is 1.24 bits per heavy atom. The normalized spacial score (nSPS) is 13.6. The number of nitrogen functional groups attached to an aromatic ring is 1. The van der Waals surface area contributed by atoms with Crippen molar-refractivity contribution in [1.29, 1.82) is 0 Å². The van der Waals surface area contributed by atoms with E-state index in [9.17, 15) is 9.59 Å². The van der Waals surface area contributed by atoms with Crippen LogP contribution in [0.25, 0.3) is 0 Å². The molecule has 0 bridgehead atoms. The summed E-state index contributed by atoms with van der Waals surface area (Å²) in [5, 5.41) is 2.76. The van der Waals surface area contributed by atoms with Gasteiger partial charge in [0.05, 0.1) is 11.4 Å². The third-order valence-electron chi connectivity index (χ3n) is 3.36. The molecule has 5 heteroatoms. The van der Waals surface area contributed by atoms with Gasteiger partial charge in [0.15, 0.2) is 0 Å². The van der Waals surface area contributed by atoms with Crippen molar-refractivity contribution in [2.75, 3.05) is 22.5 Å². The first-order valence-corrected chi connectivity index (χ1v) is 6.62. The number of hydrogen-bond acceptors (Lipinski definition) is 3. The molecule has 0 fully saturated rings. The molecule has 1 aliphatic rings. The zero-order valence-corrected chi connectivity index (χ0v) is 11.6. The van der Waals surface area contributed by atoms with Crippen molar-refractivity contribution >= 4 is 28.9 Å². The Hall–Kier alpha value is -2.82. The molecule has 1 heterocycles. The van der Waals surface area contributed by atoms with Crippen LogP contribution in [0, 0.1) is 6.92 Å². The Labute approximate surface area is 122 Å². The maximum absolute atomic E-state index is 12.7. The molecule has 2 aromatic rings. The molecule has 0 radical (unpaired) electrons. The van der Waals surface area contributed by atoms with E-state index < -0.39 is 0 Å². The Balaban J connectivity index is 2.03. The highest BCUT2D eigenvalue weighted by Gasteiger charge is 2.27. The number of nitrogens with one attached hydrogen (secondary N) is 1. The minimum Gasteiger partial charge on any atom is -0.399 e. The largest absolute Gasteiger partial charge is 0.399 e. The highest BCUT2D eigenvalue weighted by atomic mass is 16.2. The Bertz CT molecular complexity index is 720. The number of benzene rings is 2. The monoisotopic (exact) mass is 281 g/mol. The fourth-order valence-electron chi connectivity index (χ4n) is 2.51. The van der Waals surface area contributed by atoms with E-state index in [1.54, 1.807) is 24.3 Å². The van der Waals surface area contributed by atoms with Gasteiger partial charge in [0.25, 0.3) is 5.91 Å². The van der Waals surface area contributed by atoms with E-state index in [1.165, 1.54) is 4.90 Å². The molecule has 0 aromatic heterocycles. The molecule has 0 aliphatic carbocycles. The molecule has 1 aliphatic heterocycles. The highest BCUT2D eigenvalue weighted by molar-refractivity contribution is 6.15. The van der Waals surface area contributed by atoms with Gasteiger partial charge in [-0.25, -0.2) is 0 Å². The van der Waals surface area contributed by atoms with Crippen LogP contribution in [0.1, 0.15) is 15.9 Å². The second kappa shape index (κ2) is 4.94. The summed E-state index contributed by atoms with van der Waals surface area (Å²) in [4.78, 5) is 26.0. The van der Waals surface area contributed by atoms with E-state index in [-0.39, 0.29) is 18.4 Å². The van der Waals surface area contributed by atoms with Crippen LogP contribution in [0.2, 0.25) is 0 Å². The van der Waals surface area contributed by atoms with Crippen LogP contribution in [0.5, 0.6) is 0 Å². The smallest absolute Gasteiger partial charge is 0.258 e. The van der Waals surface area contributed by atoms with Gasteiger partial charge in [0.1, 0.15) is 6.54 Å². The number of carbonyl (C=O) groups is 2. The number of anilines is 3. The van der Waals surface area contributed by atoms with Crippen LogP contribution in [-0.2, 0) is 4.79 Å². The van der Waals surface area contributed by atoms with Gasteiger partial charge in [-0.1, -0.05) is 12.1 Å². The number of aryl methyl sites for hydroxylation is 1. The summed E-state index contributed by atoms with van der Waals surface area (Å²) in [7, 11) is 0. The number of fused-ring (bicyclic) bond motifs is 1. The molecule has 0 saturated heterocycles. The number of para-hydroxylation sites is 2. The molecule has 0 spiro atoms. The number of hydrogen-bond donors (Lipinski definition) is 2. The Morgan fingerprint density at radius 3 is 2.76 bits per heavy atom. The van der Waals surface area contributed by atoms with Gasteiger partial charge in [-0.05, 0) is 42.8 Å². The van der Waals surface area contributed by atoms with Gasteiger partial charge in [0, 0.05) is 11.3 Å². The lowest BCUT2D eigenvalue weighted by molar-refractivity contribution is -0.115. The van der Waals surface area contributed by atoms with E-state index in [1.807, 2.05) is 25.1 Å². The van der Waals surface area contributed by atoms with Crippen molar-refractivity contribution in [3.63, 3.8) is 0 Å².